The zero-order valence-electron chi connectivity index (χ0n) is 12.5. The number of carbonyl (C=O) groups is 4. The molecule has 120 valence electrons. The summed E-state index contributed by atoms with van der Waals surface area (Å²) >= 11 is 0. The van der Waals surface area contributed by atoms with Crippen molar-refractivity contribution in [3.05, 3.63) is 0 Å². The van der Waals surface area contributed by atoms with Crippen LogP contribution in [0.1, 0.15) is 27.7 Å². The minimum Gasteiger partial charge on any atom is -0.480 e. The summed E-state index contributed by atoms with van der Waals surface area (Å²) in [5.74, 6) is -2.88. The van der Waals surface area contributed by atoms with Crippen LogP contribution in [-0.4, -0.2) is 53.0 Å². The van der Waals surface area contributed by atoms with Crippen molar-refractivity contribution in [3.8, 4) is 0 Å². The lowest BCUT2D eigenvalue weighted by atomic mass is 10.2. The second-order valence-corrected chi connectivity index (χ2v) is 4.82. The summed E-state index contributed by atoms with van der Waals surface area (Å²) in [6.07, 6.45) is 0. The summed E-state index contributed by atoms with van der Waals surface area (Å²) in [5, 5.41) is 15.6. The summed E-state index contributed by atoms with van der Waals surface area (Å²) in [6.45, 7) is 5.63. The van der Waals surface area contributed by atoms with Gasteiger partial charge in [0.1, 0.15) is 18.1 Å². The first-order valence-electron chi connectivity index (χ1n) is 6.45. The van der Waals surface area contributed by atoms with Crippen molar-refractivity contribution in [3.63, 3.8) is 0 Å². The average molecular weight is 306 g/mol. The molecule has 0 aliphatic heterocycles. The van der Waals surface area contributed by atoms with Crippen LogP contribution in [0.5, 0.6) is 0 Å². The van der Waals surface area contributed by atoms with Gasteiger partial charge in [-0.1, -0.05) is 0 Å². The Labute approximate surface area is 122 Å². The van der Waals surface area contributed by atoms with E-state index in [-0.39, 0.29) is 0 Å². The standard InChI is InChI=1S/C12H22N4O5/c1-5(13)9(17)14-6(2)10(18)15-7(3)11(19)16-8(4)12(20)21/h5-8H,13H2,1-4H3,(H,14,17)(H,15,18)(H,16,19)(H,20,21)/t5-,6-,7-,8-/m0/s1/i1+1,5+1,9+1,13+1. The minimum atomic E-state index is -1.18. The Kier molecular flexibility index (Phi) is 7.36. The third kappa shape index (κ3) is 6.70. The maximum atomic E-state index is 11.8. The molecule has 0 saturated carbocycles. The monoisotopic (exact) mass is 306 g/mol. The zero-order valence-corrected chi connectivity index (χ0v) is 12.5. The van der Waals surface area contributed by atoms with Crippen molar-refractivity contribution in [1.29, 1.82) is 0 Å². The molecule has 0 heterocycles. The number of nitrogens with one attached hydrogen (secondary N) is 3. The topological polar surface area (TPSA) is 151 Å². The summed E-state index contributed by atoms with van der Waals surface area (Å²) in [5.41, 5.74) is 5.35. The number of carboxylic acid groups (broad SMARTS) is 1. The van der Waals surface area contributed by atoms with Gasteiger partial charge in [-0.3, -0.25) is 19.2 Å². The molecule has 3 amide bonds. The van der Waals surface area contributed by atoms with E-state index in [9.17, 15) is 19.2 Å². The van der Waals surface area contributed by atoms with E-state index in [1.807, 2.05) is 0 Å². The van der Waals surface area contributed by atoms with Crippen LogP contribution in [0.3, 0.4) is 0 Å². The molecule has 0 rings (SSSR count). The van der Waals surface area contributed by atoms with Gasteiger partial charge < -0.3 is 26.8 Å². The van der Waals surface area contributed by atoms with E-state index < -0.39 is 47.9 Å². The molecule has 6 N–H and O–H groups in total. The summed E-state index contributed by atoms with van der Waals surface area (Å²) < 4.78 is 0. The Hall–Kier alpha value is -2.16. The molecule has 0 radical (unpaired) electrons. The number of aliphatic carboxylic acids is 1. The van der Waals surface area contributed by atoms with Gasteiger partial charge in [0.15, 0.2) is 0 Å². The molecule has 9 heteroatoms. The highest BCUT2D eigenvalue weighted by molar-refractivity contribution is 5.93. The van der Waals surface area contributed by atoms with Crippen LogP contribution in [-0.2, 0) is 19.2 Å². The first-order chi connectivity index (χ1) is 9.56. The molecule has 0 spiro atoms. The van der Waals surface area contributed by atoms with Crippen LogP contribution >= 0.6 is 0 Å². The normalized spacial score (nSPS) is 16.0. The Morgan fingerprint density at radius 2 is 1.10 bits per heavy atom. The van der Waals surface area contributed by atoms with Crippen LogP contribution in [0.2, 0.25) is 0 Å². The molecule has 0 bridgehead atoms. The van der Waals surface area contributed by atoms with Crippen molar-refractivity contribution < 1.29 is 24.3 Å². The maximum absolute atomic E-state index is 11.8. The first kappa shape index (κ1) is 18.8. The number of nitrogens with two attached hydrogens (primary N) is 1. The van der Waals surface area contributed by atoms with Crippen LogP contribution in [0.15, 0.2) is 0 Å². The van der Waals surface area contributed by atoms with Crippen molar-refractivity contribution in [2.24, 2.45) is 5.73 Å². The number of rotatable bonds is 7. The van der Waals surface area contributed by atoms with Gasteiger partial charge in [0, 0.05) is 0 Å². The summed E-state index contributed by atoms with van der Waals surface area (Å²) in [4.78, 5) is 45.4. The van der Waals surface area contributed by atoms with Gasteiger partial charge in [0.2, 0.25) is 17.7 Å². The molecule has 0 unspecified atom stereocenters. The largest absolute Gasteiger partial charge is 0.480 e. The molecule has 4 atom stereocenters. The predicted octanol–water partition coefficient (Wildman–Crippen LogP) is -2.07. The van der Waals surface area contributed by atoms with Gasteiger partial charge in [0.25, 0.3) is 0 Å². The maximum Gasteiger partial charge on any atom is 0.325 e. The highest BCUT2D eigenvalue weighted by Gasteiger charge is 2.23. The van der Waals surface area contributed by atoms with Gasteiger partial charge in [-0.2, -0.15) is 0 Å². The smallest absolute Gasteiger partial charge is 0.325 e. The van der Waals surface area contributed by atoms with Crippen LogP contribution in [0.25, 0.3) is 0 Å². The van der Waals surface area contributed by atoms with Gasteiger partial charge in [-0.15, -0.1) is 0 Å². The Morgan fingerprint density at radius 1 is 0.762 bits per heavy atom. The quantitative estimate of drug-likeness (QED) is 0.269. The van der Waals surface area contributed by atoms with Crippen molar-refractivity contribution in [1.82, 2.24) is 16.0 Å². The van der Waals surface area contributed by atoms with Gasteiger partial charge in [-0.25, -0.2) is 0 Å². The number of hydrogen-bond donors (Lipinski definition) is 5. The van der Waals surface area contributed by atoms with E-state index in [2.05, 4.69) is 16.0 Å². The van der Waals surface area contributed by atoms with E-state index in [1.54, 1.807) is 0 Å². The van der Waals surface area contributed by atoms with E-state index in [1.165, 1.54) is 27.7 Å². The lowest BCUT2D eigenvalue weighted by Gasteiger charge is -2.19. The highest BCUT2D eigenvalue weighted by atomic mass is 16.4. The average Bonchev–Trinajstić information content (AvgIpc) is 2.37. The highest BCUT2D eigenvalue weighted by Crippen LogP contribution is 1.91. The number of amides is 3. The molecule has 9 nitrogen and oxygen atoms in total. The van der Waals surface area contributed by atoms with Crippen molar-refractivity contribution in [2.75, 3.05) is 0 Å². The Morgan fingerprint density at radius 3 is 1.43 bits per heavy atom. The lowest BCUT2D eigenvalue weighted by molar-refractivity contribution is -0.141. The summed E-state index contributed by atoms with van der Waals surface area (Å²) in [6, 6.07) is -3.62. The van der Waals surface area contributed by atoms with E-state index in [0.29, 0.717) is 0 Å². The number of carboxylic acids is 1. The van der Waals surface area contributed by atoms with E-state index in [4.69, 9.17) is 10.8 Å². The molecule has 0 aliphatic rings. The fraction of sp³-hybridized carbons (Fsp3) is 0.667. The Balaban J connectivity index is 4.40. The third-order valence-electron chi connectivity index (χ3n) is 2.65. The van der Waals surface area contributed by atoms with Crippen molar-refractivity contribution >= 4 is 23.7 Å². The summed E-state index contributed by atoms with van der Waals surface area (Å²) in [7, 11) is 0. The molecule has 0 aromatic rings. The molecular formula is C12H22N4O5. The SMILES string of the molecule is C[C@H](NC(=O)[C@H](C)NC(=O)[C@H](C)N[13C](=O)[13C@H]([13CH3])[15NH2])C(=O)O. The second-order valence-electron chi connectivity index (χ2n) is 4.82. The fourth-order valence-corrected chi connectivity index (χ4v) is 1.21. The third-order valence-corrected chi connectivity index (χ3v) is 2.65. The molecule has 0 aliphatic carbocycles. The van der Waals surface area contributed by atoms with E-state index in [0.717, 1.165) is 0 Å². The molecule has 0 aromatic heterocycles. The van der Waals surface area contributed by atoms with Gasteiger partial charge in [0.05, 0.1) is 6.04 Å². The first-order valence-corrected chi connectivity index (χ1v) is 6.45. The van der Waals surface area contributed by atoms with E-state index >= 15 is 0 Å². The van der Waals surface area contributed by atoms with Crippen LogP contribution in [0, 0.1) is 0 Å². The molecule has 0 fully saturated rings. The fourth-order valence-electron chi connectivity index (χ4n) is 1.21. The van der Waals surface area contributed by atoms with Gasteiger partial charge in [-0.05, 0) is 27.7 Å². The van der Waals surface area contributed by atoms with Crippen molar-refractivity contribution in [2.45, 2.75) is 51.9 Å². The van der Waals surface area contributed by atoms with Crippen LogP contribution < -0.4 is 21.7 Å². The molecule has 0 saturated heterocycles. The Bertz CT molecular complexity index is 424. The lowest BCUT2D eigenvalue weighted by Crippen LogP contribution is -2.54. The molecule has 0 aromatic carbocycles. The second kappa shape index (κ2) is 8.20. The number of carbonyl (C=O) groups excluding carboxylic acids is 3. The van der Waals surface area contributed by atoms with Gasteiger partial charge >= 0.3 is 5.97 Å². The van der Waals surface area contributed by atoms with Crippen LogP contribution in [0.4, 0.5) is 0 Å². The molecule has 21 heavy (non-hydrogen) atoms. The zero-order chi connectivity index (χ0) is 16.7. The predicted molar refractivity (Wildman–Crippen MR) is 74.1 cm³/mol. The molecular weight excluding hydrogens is 284 g/mol. The minimum absolute atomic E-state index is 0.491. The number of hydrogen-bond acceptors (Lipinski definition) is 5.